The second kappa shape index (κ2) is 7.08. The maximum Gasteiger partial charge on any atom is 0.226 e. The Balaban J connectivity index is 1.82. The summed E-state index contributed by atoms with van der Waals surface area (Å²) in [7, 11) is 5.90. The summed E-state index contributed by atoms with van der Waals surface area (Å²) in [6.45, 7) is 5.94. The molecule has 6 nitrogen and oxygen atoms in total. The van der Waals surface area contributed by atoms with Crippen molar-refractivity contribution < 1.29 is 9.53 Å². The van der Waals surface area contributed by atoms with Crippen molar-refractivity contribution in [3.05, 3.63) is 17.7 Å². The summed E-state index contributed by atoms with van der Waals surface area (Å²) in [4.78, 5) is 22.1. The third kappa shape index (κ3) is 3.47. The third-order valence-electron chi connectivity index (χ3n) is 6.21. The number of aryl methyl sites for hydroxylation is 1. The van der Waals surface area contributed by atoms with Crippen LogP contribution >= 0.6 is 0 Å². The summed E-state index contributed by atoms with van der Waals surface area (Å²) in [6.07, 6.45) is 6.39. The van der Waals surface area contributed by atoms with Gasteiger partial charge in [0.15, 0.2) is 0 Å². The Morgan fingerprint density at radius 2 is 2.20 bits per heavy atom. The van der Waals surface area contributed by atoms with E-state index in [1.807, 2.05) is 18.3 Å². The molecule has 1 aliphatic heterocycles. The summed E-state index contributed by atoms with van der Waals surface area (Å²) < 4.78 is 7.79. The zero-order chi connectivity index (χ0) is 18.2. The fraction of sp³-hybridized carbons (Fsp3) is 0.789. The quantitative estimate of drug-likeness (QED) is 0.790. The molecule has 1 aliphatic carbocycles. The SMILES string of the molecule is COC1(CC(=O)N2CCc3c(ncn3C)C2CN(C)C(C)C)CCC1. The lowest BCUT2D eigenvalue weighted by molar-refractivity contribution is -0.147. The van der Waals surface area contributed by atoms with Gasteiger partial charge in [0.1, 0.15) is 0 Å². The number of amides is 1. The van der Waals surface area contributed by atoms with Crippen LogP contribution < -0.4 is 0 Å². The minimum atomic E-state index is -0.226. The van der Waals surface area contributed by atoms with Gasteiger partial charge in [-0.25, -0.2) is 4.98 Å². The molecule has 1 aromatic rings. The maximum atomic E-state index is 13.1. The Hall–Kier alpha value is -1.40. The predicted molar refractivity (Wildman–Crippen MR) is 97.3 cm³/mol. The first-order chi connectivity index (χ1) is 11.9. The van der Waals surface area contributed by atoms with Gasteiger partial charge in [-0.3, -0.25) is 4.79 Å². The summed E-state index contributed by atoms with van der Waals surface area (Å²) in [5.41, 5.74) is 2.10. The summed E-state index contributed by atoms with van der Waals surface area (Å²) in [5, 5.41) is 0. The number of fused-ring (bicyclic) bond motifs is 1. The van der Waals surface area contributed by atoms with Gasteiger partial charge >= 0.3 is 0 Å². The van der Waals surface area contributed by atoms with Gasteiger partial charge in [-0.1, -0.05) is 0 Å². The lowest BCUT2D eigenvalue weighted by Crippen LogP contribution is -2.50. The normalized spacial score (nSPS) is 22.2. The van der Waals surface area contributed by atoms with Crippen LogP contribution in [0.25, 0.3) is 0 Å². The van der Waals surface area contributed by atoms with Gasteiger partial charge in [0.2, 0.25) is 5.91 Å². The Labute approximate surface area is 151 Å². The van der Waals surface area contributed by atoms with Crippen LogP contribution in [0.2, 0.25) is 0 Å². The van der Waals surface area contributed by atoms with Crippen LogP contribution in [-0.4, -0.2) is 64.1 Å². The molecule has 2 aliphatic rings. The van der Waals surface area contributed by atoms with E-state index in [0.717, 1.165) is 44.5 Å². The van der Waals surface area contributed by atoms with Gasteiger partial charge in [-0.2, -0.15) is 0 Å². The Kier molecular flexibility index (Phi) is 5.21. The van der Waals surface area contributed by atoms with Crippen molar-refractivity contribution in [1.29, 1.82) is 0 Å². The second-order valence-electron chi connectivity index (χ2n) is 7.99. The second-order valence-corrected chi connectivity index (χ2v) is 7.99. The van der Waals surface area contributed by atoms with Gasteiger partial charge in [-0.05, 0) is 40.2 Å². The van der Waals surface area contributed by atoms with Crippen molar-refractivity contribution in [3.63, 3.8) is 0 Å². The van der Waals surface area contributed by atoms with Crippen molar-refractivity contribution >= 4 is 5.91 Å². The number of carbonyl (C=O) groups excluding carboxylic acids is 1. The van der Waals surface area contributed by atoms with E-state index in [-0.39, 0.29) is 17.6 Å². The van der Waals surface area contributed by atoms with Gasteiger partial charge in [-0.15, -0.1) is 0 Å². The number of ether oxygens (including phenoxy) is 1. The van der Waals surface area contributed by atoms with E-state index in [1.54, 1.807) is 7.11 Å². The van der Waals surface area contributed by atoms with E-state index < -0.39 is 0 Å². The van der Waals surface area contributed by atoms with Crippen molar-refractivity contribution in [2.75, 3.05) is 27.2 Å². The van der Waals surface area contributed by atoms with E-state index in [2.05, 4.69) is 35.3 Å². The molecular weight excluding hydrogens is 316 g/mol. The molecule has 0 saturated heterocycles. The number of methoxy groups -OCH3 is 1. The van der Waals surface area contributed by atoms with Crippen molar-refractivity contribution in [3.8, 4) is 0 Å². The molecule has 0 N–H and O–H groups in total. The van der Waals surface area contributed by atoms with Crippen molar-refractivity contribution in [2.45, 2.75) is 63.6 Å². The van der Waals surface area contributed by atoms with E-state index in [4.69, 9.17) is 4.74 Å². The molecule has 0 aromatic carbocycles. The van der Waals surface area contributed by atoms with Crippen LogP contribution in [0.3, 0.4) is 0 Å². The highest BCUT2D eigenvalue weighted by molar-refractivity contribution is 5.78. The minimum absolute atomic E-state index is 0.0267. The number of nitrogens with zero attached hydrogens (tertiary/aromatic N) is 4. The van der Waals surface area contributed by atoms with Gasteiger partial charge in [0.05, 0.1) is 30.1 Å². The molecule has 1 saturated carbocycles. The Bertz CT molecular complexity index is 615. The number of hydrogen-bond acceptors (Lipinski definition) is 4. The summed E-state index contributed by atoms with van der Waals surface area (Å²) in [5.74, 6) is 0.208. The van der Waals surface area contributed by atoms with Crippen molar-refractivity contribution in [1.82, 2.24) is 19.4 Å². The highest BCUT2D eigenvalue weighted by atomic mass is 16.5. The number of aromatic nitrogens is 2. The average molecular weight is 348 g/mol. The molecule has 25 heavy (non-hydrogen) atoms. The monoisotopic (exact) mass is 348 g/mol. The molecule has 1 unspecified atom stereocenters. The van der Waals surface area contributed by atoms with Gasteiger partial charge in [0, 0.05) is 45.4 Å². The zero-order valence-electron chi connectivity index (χ0n) is 16.3. The fourth-order valence-corrected chi connectivity index (χ4v) is 3.95. The molecule has 0 bridgehead atoms. The standard InChI is InChI=1S/C19H32N4O2/c1-14(2)21(3)12-16-18-15(22(4)13-20-18)7-10-23(16)17(24)11-19(25-5)8-6-9-19/h13-14,16H,6-12H2,1-5H3. The maximum absolute atomic E-state index is 13.1. The molecule has 6 heteroatoms. The highest BCUT2D eigenvalue weighted by Gasteiger charge is 2.42. The zero-order valence-corrected chi connectivity index (χ0v) is 16.3. The summed E-state index contributed by atoms with van der Waals surface area (Å²) >= 11 is 0. The first-order valence-electron chi connectivity index (χ1n) is 9.42. The number of likely N-dealkylation sites (N-methyl/N-ethyl adjacent to an activating group) is 1. The first-order valence-corrected chi connectivity index (χ1v) is 9.42. The first kappa shape index (κ1) is 18.4. The van der Waals surface area contributed by atoms with Crippen LogP contribution in [0, 0.1) is 0 Å². The molecule has 0 radical (unpaired) electrons. The van der Waals surface area contributed by atoms with Gasteiger partial charge in [0.25, 0.3) is 0 Å². The topological polar surface area (TPSA) is 50.6 Å². The van der Waals surface area contributed by atoms with Crippen LogP contribution in [-0.2, 0) is 23.0 Å². The van der Waals surface area contributed by atoms with Gasteiger partial charge < -0.3 is 19.1 Å². The van der Waals surface area contributed by atoms with Crippen LogP contribution in [0.5, 0.6) is 0 Å². The average Bonchev–Trinajstić information content (AvgIpc) is 2.92. The number of hydrogen-bond donors (Lipinski definition) is 0. The van der Waals surface area contributed by atoms with Crippen LogP contribution in [0.4, 0.5) is 0 Å². The largest absolute Gasteiger partial charge is 0.378 e. The lowest BCUT2D eigenvalue weighted by Gasteiger charge is -2.43. The molecule has 1 fully saturated rings. The Morgan fingerprint density at radius 1 is 1.48 bits per heavy atom. The molecule has 2 heterocycles. The van der Waals surface area contributed by atoms with E-state index in [1.165, 1.54) is 5.69 Å². The van der Waals surface area contributed by atoms with Crippen LogP contribution in [0.1, 0.15) is 57.0 Å². The predicted octanol–water partition coefficient (Wildman–Crippen LogP) is 2.15. The number of carbonyl (C=O) groups is 1. The molecule has 1 atom stereocenters. The van der Waals surface area contributed by atoms with E-state index in [0.29, 0.717) is 12.5 Å². The number of imidazole rings is 1. The molecule has 140 valence electrons. The third-order valence-corrected chi connectivity index (χ3v) is 6.21. The van der Waals surface area contributed by atoms with Crippen molar-refractivity contribution in [2.24, 2.45) is 7.05 Å². The molecule has 1 aromatic heterocycles. The fourth-order valence-electron chi connectivity index (χ4n) is 3.95. The molecule has 1 amide bonds. The molecule has 3 rings (SSSR count). The lowest BCUT2D eigenvalue weighted by atomic mass is 9.77. The minimum Gasteiger partial charge on any atom is -0.378 e. The smallest absolute Gasteiger partial charge is 0.226 e. The molecular formula is C19H32N4O2. The number of rotatable bonds is 6. The Morgan fingerprint density at radius 3 is 2.76 bits per heavy atom. The summed E-state index contributed by atoms with van der Waals surface area (Å²) in [6, 6.07) is 0.460. The van der Waals surface area contributed by atoms with E-state index in [9.17, 15) is 4.79 Å². The highest BCUT2D eigenvalue weighted by Crippen LogP contribution is 2.40. The van der Waals surface area contributed by atoms with E-state index >= 15 is 0 Å². The molecule has 0 spiro atoms. The van der Waals surface area contributed by atoms with Crippen LogP contribution in [0.15, 0.2) is 6.33 Å².